The molecule has 1 aliphatic rings. The van der Waals surface area contributed by atoms with Crippen LogP contribution in [0.2, 0.25) is 0 Å². The molecule has 1 saturated carbocycles. The van der Waals surface area contributed by atoms with Gasteiger partial charge in [0.25, 0.3) is 0 Å². The maximum Gasteiger partial charge on any atom is 0.120 e. The highest BCUT2D eigenvalue weighted by Crippen LogP contribution is 2.37. The Morgan fingerprint density at radius 2 is 2.23 bits per heavy atom. The molecule has 1 aliphatic carbocycles. The summed E-state index contributed by atoms with van der Waals surface area (Å²) in [5.74, 6) is 0.726. The third-order valence-electron chi connectivity index (χ3n) is 2.53. The van der Waals surface area contributed by atoms with Crippen LogP contribution in [0.15, 0.2) is 0 Å². The van der Waals surface area contributed by atoms with Crippen LogP contribution >= 0.6 is 11.3 Å². The molecule has 2 rings (SSSR count). The number of nitrogens with zero attached hydrogens (tertiary/aromatic N) is 2. The van der Waals surface area contributed by atoms with E-state index in [4.69, 9.17) is 5.73 Å². The zero-order chi connectivity index (χ0) is 9.10. The van der Waals surface area contributed by atoms with Gasteiger partial charge in [0.1, 0.15) is 10.0 Å². The van der Waals surface area contributed by atoms with Crippen molar-refractivity contribution in [1.29, 1.82) is 0 Å². The third kappa shape index (κ3) is 2.06. The highest BCUT2D eigenvalue weighted by Gasteiger charge is 2.23. The monoisotopic (exact) mass is 197 g/mol. The average Bonchev–Trinajstić information content (AvgIpc) is 2.46. The summed E-state index contributed by atoms with van der Waals surface area (Å²) < 4.78 is 0. The van der Waals surface area contributed by atoms with Gasteiger partial charge in [-0.2, -0.15) is 0 Å². The van der Waals surface area contributed by atoms with Crippen LogP contribution in [-0.2, 0) is 6.42 Å². The van der Waals surface area contributed by atoms with E-state index in [-0.39, 0.29) is 0 Å². The summed E-state index contributed by atoms with van der Waals surface area (Å²) in [5.41, 5.74) is 5.44. The Bertz CT molecular complexity index is 268. The summed E-state index contributed by atoms with van der Waals surface area (Å²) in [4.78, 5) is 0. The second-order valence-electron chi connectivity index (χ2n) is 3.55. The molecule has 0 atom stereocenters. The quantitative estimate of drug-likeness (QED) is 0.799. The maximum atomic E-state index is 5.44. The van der Waals surface area contributed by atoms with E-state index in [9.17, 15) is 0 Å². The van der Waals surface area contributed by atoms with Crippen molar-refractivity contribution in [2.75, 3.05) is 6.54 Å². The zero-order valence-corrected chi connectivity index (χ0v) is 8.52. The standard InChI is InChI=1S/C9H15N3S/c10-6-2-5-8-11-12-9(13-8)7-3-1-4-7/h7H,1-6,10H2. The molecule has 3 nitrogen and oxygen atoms in total. The molecule has 72 valence electrons. The van der Waals surface area contributed by atoms with Gasteiger partial charge in [0.05, 0.1) is 0 Å². The number of aryl methyl sites for hydroxylation is 1. The summed E-state index contributed by atoms with van der Waals surface area (Å²) >= 11 is 1.78. The fourth-order valence-electron chi connectivity index (χ4n) is 1.44. The predicted octanol–water partition coefficient (Wildman–Crippen LogP) is 1.70. The molecule has 4 heteroatoms. The summed E-state index contributed by atoms with van der Waals surface area (Å²) in [6, 6.07) is 0. The number of rotatable bonds is 4. The minimum Gasteiger partial charge on any atom is -0.330 e. The van der Waals surface area contributed by atoms with Gasteiger partial charge in [-0.15, -0.1) is 21.5 Å². The molecule has 0 amide bonds. The van der Waals surface area contributed by atoms with Crippen molar-refractivity contribution in [1.82, 2.24) is 10.2 Å². The molecule has 0 aliphatic heterocycles. The zero-order valence-electron chi connectivity index (χ0n) is 7.70. The SMILES string of the molecule is NCCCc1nnc(C2CCC2)s1. The fourth-order valence-corrected chi connectivity index (χ4v) is 2.49. The van der Waals surface area contributed by atoms with Gasteiger partial charge in [0, 0.05) is 12.3 Å². The molecular weight excluding hydrogens is 182 g/mol. The Morgan fingerprint density at radius 3 is 2.85 bits per heavy atom. The van der Waals surface area contributed by atoms with Gasteiger partial charge in [0.15, 0.2) is 0 Å². The van der Waals surface area contributed by atoms with E-state index in [1.165, 1.54) is 24.3 Å². The van der Waals surface area contributed by atoms with Crippen molar-refractivity contribution in [3.05, 3.63) is 10.0 Å². The van der Waals surface area contributed by atoms with E-state index in [1.54, 1.807) is 11.3 Å². The summed E-state index contributed by atoms with van der Waals surface area (Å²) in [6.07, 6.45) is 6.01. The van der Waals surface area contributed by atoms with Crippen LogP contribution in [0.25, 0.3) is 0 Å². The molecule has 13 heavy (non-hydrogen) atoms. The van der Waals surface area contributed by atoms with E-state index in [1.807, 2.05) is 0 Å². The van der Waals surface area contributed by atoms with Crippen molar-refractivity contribution < 1.29 is 0 Å². The van der Waals surface area contributed by atoms with Gasteiger partial charge in [-0.1, -0.05) is 6.42 Å². The summed E-state index contributed by atoms with van der Waals surface area (Å²) in [6.45, 7) is 0.748. The molecule has 1 aromatic heterocycles. The van der Waals surface area contributed by atoms with Crippen molar-refractivity contribution in [3.8, 4) is 0 Å². The second-order valence-corrected chi connectivity index (χ2v) is 4.65. The van der Waals surface area contributed by atoms with Crippen LogP contribution in [0.4, 0.5) is 0 Å². The smallest absolute Gasteiger partial charge is 0.120 e. The first-order chi connectivity index (χ1) is 6.40. The second kappa shape index (κ2) is 4.15. The Balaban J connectivity index is 1.92. The number of hydrogen-bond donors (Lipinski definition) is 1. The van der Waals surface area contributed by atoms with E-state index in [0.29, 0.717) is 0 Å². The first-order valence-electron chi connectivity index (χ1n) is 4.92. The fraction of sp³-hybridized carbons (Fsp3) is 0.778. The van der Waals surface area contributed by atoms with Gasteiger partial charge in [0.2, 0.25) is 0 Å². The van der Waals surface area contributed by atoms with Gasteiger partial charge >= 0.3 is 0 Å². The Kier molecular flexibility index (Phi) is 2.90. The predicted molar refractivity (Wildman–Crippen MR) is 53.9 cm³/mol. The third-order valence-corrected chi connectivity index (χ3v) is 3.68. The number of aromatic nitrogens is 2. The minimum absolute atomic E-state index is 0.726. The first kappa shape index (κ1) is 9.09. The van der Waals surface area contributed by atoms with Crippen molar-refractivity contribution in [3.63, 3.8) is 0 Å². The molecule has 1 aromatic rings. The Hall–Kier alpha value is -0.480. The van der Waals surface area contributed by atoms with E-state index in [0.717, 1.165) is 30.3 Å². The van der Waals surface area contributed by atoms with Gasteiger partial charge in [-0.3, -0.25) is 0 Å². The summed E-state index contributed by atoms with van der Waals surface area (Å²) in [5, 5.41) is 10.8. The lowest BCUT2D eigenvalue weighted by atomic mass is 9.86. The van der Waals surface area contributed by atoms with Gasteiger partial charge < -0.3 is 5.73 Å². The maximum absolute atomic E-state index is 5.44. The van der Waals surface area contributed by atoms with Crippen LogP contribution in [-0.4, -0.2) is 16.7 Å². The molecular formula is C9H15N3S. The van der Waals surface area contributed by atoms with Gasteiger partial charge in [-0.25, -0.2) is 0 Å². The lowest BCUT2D eigenvalue weighted by Crippen LogP contribution is -2.07. The minimum atomic E-state index is 0.726. The van der Waals surface area contributed by atoms with E-state index in [2.05, 4.69) is 10.2 Å². The van der Waals surface area contributed by atoms with Crippen molar-refractivity contribution in [2.45, 2.75) is 38.0 Å². The highest BCUT2D eigenvalue weighted by atomic mass is 32.1. The topological polar surface area (TPSA) is 51.8 Å². The molecule has 0 saturated heterocycles. The molecule has 0 radical (unpaired) electrons. The first-order valence-corrected chi connectivity index (χ1v) is 5.74. The largest absolute Gasteiger partial charge is 0.330 e. The van der Waals surface area contributed by atoms with Crippen LogP contribution in [0.5, 0.6) is 0 Å². The summed E-state index contributed by atoms with van der Waals surface area (Å²) in [7, 11) is 0. The van der Waals surface area contributed by atoms with Crippen LogP contribution in [0.1, 0.15) is 41.6 Å². The van der Waals surface area contributed by atoms with E-state index >= 15 is 0 Å². The highest BCUT2D eigenvalue weighted by molar-refractivity contribution is 7.11. The Labute approximate surface area is 82.4 Å². The molecule has 0 bridgehead atoms. The van der Waals surface area contributed by atoms with Crippen molar-refractivity contribution in [2.24, 2.45) is 5.73 Å². The molecule has 0 spiro atoms. The number of nitrogens with two attached hydrogens (primary N) is 1. The molecule has 1 heterocycles. The normalized spacial score (nSPS) is 17.3. The molecule has 1 fully saturated rings. The molecule has 0 unspecified atom stereocenters. The molecule has 0 aromatic carbocycles. The van der Waals surface area contributed by atoms with E-state index < -0.39 is 0 Å². The van der Waals surface area contributed by atoms with Crippen LogP contribution < -0.4 is 5.73 Å². The molecule has 2 N–H and O–H groups in total. The lowest BCUT2D eigenvalue weighted by Gasteiger charge is -2.21. The number of hydrogen-bond acceptors (Lipinski definition) is 4. The van der Waals surface area contributed by atoms with Crippen LogP contribution in [0, 0.1) is 0 Å². The van der Waals surface area contributed by atoms with Crippen LogP contribution in [0.3, 0.4) is 0 Å². The van der Waals surface area contributed by atoms with Gasteiger partial charge in [-0.05, 0) is 25.8 Å². The average molecular weight is 197 g/mol. The lowest BCUT2D eigenvalue weighted by molar-refractivity contribution is 0.416. The van der Waals surface area contributed by atoms with Crippen molar-refractivity contribution >= 4 is 11.3 Å². The Morgan fingerprint density at radius 1 is 1.38 bits per heavy atom.